The van der Waals surface area contributed by atoms with E-state index in [-0.39, 0.29) is 5.78 Å². The molecule has 5 heteroatoms. The van der Waals surface area contributed by atoms with Crippen LogP contribution in [0.2, 0.25) is 0 Å². The molecule has 1 aliphatic carbocycles. The fourth-order valence-electron chi connectivity index (χ4n) is 2.22. The SMILES string of the molecule is C=CC1=CC(=O)c2nc(SC)nc(OCc3ccccc3)c21. The first-order valence-corrected chi connectivity index (χ1v) is 7.97. The van der Waals surface area contributed by atoms with Gasteiger partial charge in [-0.2, -0.15) is 4.98 Å². The van der Waals surface area contributed by atoms with Gasteiger partial charge < -0.3 is 4.74 Å². The monoisotopic (exact) mass is 310 g/mol. The van der Waals surface area contributed by atoms with Crippen LogP contribution in [0.3, 0.4) is 0 Å². The summed E-state index contributed by atoms with van der Waals surface area (Å²) in [5, 5.41) is 0.522. The average Bonchev–Trinajstić information content (AvgIpc) is 2.90. The Labute approximate surface area is 132 Å². The summed E-state index contributed by atoms with van der Waals surface area (Å²) in [5.74, 6) is 0.294. The third-order valence-electron chi connectivity index (χ3n) is 3.28. The van der Waals surface area contributed by atoms with Crippen LogP contribution in [0, 0.1) is 0 Å². The van der Waals surface area contributed by atoms with Crippen LogP contribution in [0.4, 0.5) is 0 Å². The molecule has 1 aliphatic rings. The van der Waals surface area contributed by atoms with Crippen LogP contribution in [0.15, 0.2) is 54.2 Å². The van der Waals surface area contributed by atoms with E-state index in [1.807, 2.05) is 36.6 Å². The molecule has 3 rings (SSSR count). The molecule has 0 radical (unpaired) electrons. The van der Waals surface area contributed by atoms with Crippen molar-refractivity contribution in [3.63, 3.8) is 0 Å². The zero-order chi connectivity index (χ0) is 15.5. The molecule has 0 bridgehead atoms. The van der Waals surface area contributed by atoms with E-state index in [9.17, 15) is 4.79 Å². The maximum atomic E-state index is 12.1. The molecular formula is C17H14N2O2S. The number of rotatable bonds is 5. The van der Waals surface area contributed by atoms with Gasteiger partial charge in [-0.3, -0.25) is 4.79 Å². The molecule has 1 aromatic carbocycles. The van der Waals surface area contributed by atoms with Crippen molar-refractivity contribution >= 4 is 23.1 Å². The minimum atomic E-state index is -0.132. The van der Waals surface area contributed by atoms with Crippen molar-refractivity contribution in [2.75, 3.05) is 6.26 Å². The maximum Gasteiger partial charge on any atom is 0.226 e. The summed E-state index contributed by atoms with van der Waals surface area (Å²) >= 11 is 1.38. The molecule has 0 saturated heterocycles. The van der Waals surface area contributed by atoms with Crippen molar-refractivity contribution in [1.82, 2.24) is 9.97 Å². The molecule has 0 atom stereocenters. The van der Waals surface area contributed by atoms with Crippen LogP contribution in [-0.4, -0.2) is 22.0 Å². The second-order valence-corrected chi connectivity index (χ2v) is 5.45. The van der Waals surface area contributed by atoms with Crippen LogP contribution in [0.25, 0.3) is 5.57 Å². The molecule has 0 aliphatic heterocycles. The summed E-state index contributed by atoms with van der Waals surface area (Å²) < 4.78 is 5.85. The topological polar surface area (TPSA) is 52.1 Å². The predicted octanol–water partition coefficient (Wildman–Crippen LogP) is 3.54. The largest absolute Gasteiger partial charge is 0.472 e. The van der Waals surface area contributed by atoms with Crippen LogP contribution in [-0.2, 0) is 6.61 Å². The summed E-state index contributed by atoms with van der Waals surface area (Å²) in [4.78, 5) is 20.7. The van der Waals surface area contributed by atoms with Gasteiger partial charge >= 0.3 is 0 Å². The lowest BCUT2D eigenvalue weighted by Crippen LogP contribution is -2.06. The highest BCUT2D eigenvalue weighted by atomic mass is 32.2. The molecular weight excluding hydrogens is 296 g/mol. The van der Waals surface area contributed by atoms with Gasteiger partial charge in [0.2, 0.25) is 11.7 Å². The van der Waals surface area contributed by atoms with Gasteiger partial charge in [0.25, 0.3) is 0 Å². The number of carbonyl (C=O) groups excluding carboxylic acids is 1. The van der Waals surface area contributed by atoms with E-state index in [0.717, 1.165) is 5.56 Å². The summed E-state index contributed by atoms with van der Waals surface area (Å²) in [5.41, 5.74) is 2.76. The fourth-order valence-corrected chi connectivity index (χ4v) is 2.58. The van der Waals surface area contributed by atoms with Crippen molar-refractivity contribution in [3.8, 4) is 5.88 Å². The maximum absolute atomic E-state index is 12.1. The van der Waals surface area contributed by atoms with E-state index in [0.29, 0.717) is 34.5 Å². The Morgan fingerprint density at radius 3 is 2.73 bits per heavy atom. The predicted molar refractivity (Wildman–Crippen MR) is 87.1 cm³/mol. The van der Waals surface area contributed by atoms with Crippen molar-refractivity contribution in [2.24, 2.45) is 0 Å². The molecule has 22 heavy (non-hydrogen) atoms. The van der Waals surface area contributed by atoms with E-state index in [1.54, 1.807) is 6.08 Å². The Morgan fingerprint density at radius 1 is 1.27 bits per heavy atom. The van der Waals surface area contributed by atoms with E-state index in [1.165, 1.54) is 17.8 Å². The van der Waals surface area contributed by atoms with Crippen molar-refractivity contribution in [3.05, 3.63) is 65.9 Å². The first kappa shape index (κ1) is 14.5. The minimum absolute atomic E-state index is 0.132. The molecule has 0 N–H and O–H groups in total. The molecule has 0 fully saturated rings. The molecule has 1 aromatic heterocycles. The van der Waals surface area contributed by atoms with Gasteiger partial charge in [0, 0.05) is 0 Å². The first-order chi connectivity index (χ1) is 10.7. The number of nitrogens with zero attached hydrogens (tertiary/aromatic N) is 2. The fraction of sp³-hybridized carbons (Fsp3) is 0.118. The number of ketones is 1. The highest BCUT2D eigenvalue weighted by Gasteiger charge is 2.27. The number of hydrogen-bond acceptors (Lipinski definition) is 5. The number of aromatic nitrogens is 2. The summed E-state index contributed by atoms with van der Waals surface area (Å²) in [7, 11) is 0. The van der Waals surface area contributed by atoms with Crippen LogP contribution < -0.4 is 4.74 Å². The number of thioether (sulfide) groups is 1. The Bertz CT molecular complexity index is 770. The van der Waals surface area contributed by atoms with E-state index >= 15 is 0 Å². The van der Waals surface area contributed by atoms with Crippen molar-refractivity contribution < 1.29 is 9.53 Å². The highest BCUT2D eigenvalue weighted by Crippen LogP contribution is 2.35. The second-order valence-electron chi connectivity index (χ2n) is 4.68. The molecule has 0 spiro atoms. The number of hydrogen-bond donors (Lipinski definition) is 0. The van der Waals surface area contributed by atoms with Gasteiger partial charge in [-0.15, -0.1) is 0 Å². The summed E-state index contributed by atoms with van der Waals surface area (Å²) in [6, 6.07) is 9.82. The molecule has 2 aromatic rings. The lowest BCUT2D eigenvalue weighted by atomic mass is 10.1. The van der Waals surface area contributed by atoms with Crippen molar-refractivity contribution in [2.45, 2.75) is 11.8 Å². The zero-order valence-electron chi connectivity index (χ0n) is 12.1. The van der Waals surface area contributed by atoms with Gasteiger partial charge in [-0.1, -0.05) is 54.7 Å². The molecule has 0 unspecified atom stereocenters. The summed E-state index contributed by atoms with van der Waals surface area (Å²) in [6.45, 7) is 4.13. The third-order valence-corrected chi connectivity index (χ3v) is 3.83. The zero-order valence-corrected chi connectivity index (χ0v) is 12.9. The number of allylic oxidation sites excluding steroid dienone is 3. The van der Waals surface area contributed by atoms with Crippen molar-refractivity contribution in [1.29, 1.82) is 0 Å². The molecule has 0 amide bonds. The van der Waals surface area contributed by atoms with Gasteiger partial charge in [-0.05, 0) is 23.5 Å². The van der Waals surface area contributed by atoms with Crippen LogP contribution in [0.1, 0.15) is 21.6 Å². The van der Waals surface area contributed by atoms with E-state index < -0.39 is 0 Å². The Balaban J connectivity index is 1.98. The van der Waals surface area contributed by atoms with Gasteiger partial charge in [0.15, 0.2) is 5.16 Å². The Morgan fingerprint density at radius 2 is 2.05 bits per heavy atom. The number of ether oxygens (including phenoxy) is 1. The quantitative estimate of drug-likeness (QED) is 0.624. The number of fused-ring (bicyclic) bond motifs is 1. The van der Waals surface area contributed by atoms with Gasteiger partial charge in [-0.25, -0.2) is 4.98 Å². The molecule has 0 saturated carbocycles. The Hall–Kier alpha value is -2.40. The lowest BCUT2D eigenvalue weighted by Gasteiger charge is -2.11. The average molecular weight is 310 g/mol. The van der Waals surface area contributed by atoms with E-state index in [2.05, 4.69) is 16.5 Å². The molecule has 4 nitrogen and oxygen atoms in total. The standard InChI is InChI=1S/C17H14N2O2S/c1-3-12-9-13(20)15-14(12)16(19-17(18-15)22-2)21-10-11-7-5-4-6-8-11/h3-9H,1,10H2,2H3. The lowest BCUT2D eigenvalue weighted by molar-refractivity contribution is 0.104. The van der Waals surface area contributed by atoms with Crippen LogP contribution >= 0.6 is 11.8 Å². The van der Waals surface area contributed by atoms with Crippen LogP contribution in [0.5, 0.6) is 5.88 Å². The van der Waals surface area contributed by atoms with Gasteiger partial charge in [0.05, 0.1) is 5.56 Å². The number of benzene rings is 1. The normalized spacial score (nSPS) is 12.8. The second kappa shape index (κ2) is 6.15. The number of carbonyl (C=O) groups is 1. The summed E-state index contributed by atoms with van der Waals surface area (Å²) in [6.07, 6.45) is 5.01. The van der Waals surface area contributed by atoms with E-state index in [4.69, 9.17) is 4.74 Å². The third kappa shape index (κ3) is 2.67. The van der Waals surface area contributed by atoms with Gasteiger partial charge in [0.1, 0.15) is 12.3 Å². The minimum Gasteiger partial charge on any atom is -0.472 e. The smallest absolute Gasteiger partial charge is 0.226 e. The highest BCUT2D eigenvalue weighted by molar-refractivity contribution is 7.98. The molecule has 110 valence electrons. The first-order valence-electron chi connectivity index (χ1n) is 6.74. The Kier molecular flexibility index (Phi) is 4.06. The molecule has 1 heterocycles.